The topological polar surface area (TPSA) is 41.8 Å². The highest BCUT2D eigenvalue weighted by Gasteiger charge is 2.05. The van der Waals surface area contributed by atoms with Gasteiger partial charge in [0.25, 0.3) is 0 Å². The third-order valence-electron chi connectivity index (χ3n) is 2.81. The Morgan fingerprint density at radius 1 is 1.30 bits per heavy atom. The van der Waals surface area contributed by atoms with Gasteiger partial charge in [-0.25, -0.2) is 4.39 Å². The molecule has 0 fully saturated rings. The van der Waals surface area contributed by atoms with Crippen LogP contribution < -0.4 is 4.74 Å². The minimum absolute atomic E-state index is 0.0990. The number of rotatable bonds is 4. The van der Waals surface area contributed by atoms with E-state index < -0.39 is 5.82 Å². The first-order valence-electron chi connectivity index (χ1n) is 5.96. The summed E-state index contributed by atoms with van der Waals surface area (Å²) in [5.41, 5.74) is 1.64. The van der Waals surface area contributed by atoms with E-state index in [4.69, 9.17) is 21.5 Å². The van der Waals surface area contributed by atoms with Crippen LogP contribution in [0.1, 0.15) is 18.1 Å². The Morgan fingerprint density at radius 2 is 2.10 bits per heavy atom. The summed E-state index contributed by atoms with van der Waals surface area (Å²) in [6.07, 6.45) is 0. The number of oxime groups is 1. The molecule has 20 heavy (non-hydrogen) atoms. The van der Waals surface area contributed by atoms with Crippen LogP contribution in [-0.4, -0.2) is 10.9 Å². The van der Waals surface area contributed by atoms with E-state index >= 15 is 0 Å². The zero-order valence-corrected chi connectivity index (χ0v) is 11.6. The number of nitrogens with zero attached hydrogens (tertiary/aromatic N) is 1. The lowest BCUT2D eigenvalue weighted by atomic mass is 10.1. The predicted octanol–water partition coefficient (Wildman–Crippen LogP) is 4.26. The molecule has 0 aliphatic rings. The first-order chi connectivity index (χ1) is 9.60. The molecule has 2 aromatic rings. The van der Waals surface area contributed by atoms with Crippen LogP contribution in [0.25, 0.3) is 0 Å². The minimum Gasteiger partial charge on any atom is -0.489 e. The molecule has 0 radical (unpaired) electrons. The van der Waals surface area contributed by atoms with Crippen LogP contribution in [0.4, 0.5) is 4.39 Å². The lowest BCUT2D eigenvalue weighted by Gasteiger charge is -2.08. The second-order valence-electron chi connectivity index (χ2n) is 4.24. The van der Waals surface area contributed by atoms with Gasteiger partial charge in [-0.05, 0) is 31.2 Å². The van der Waals surface area contributed by atoms with Gasteiger partial charge < -0.3 is 9.94 Å². The van der Waals surface area contributed by atoms with E-state index in [-0.39, 0.29) is 6.61 Å². The molecule has 0 atom stereocenters. The number of ether oxygens (including phenoxy) is 1. The first-order valence-corrected chi connectivity index (χ1v) is 6.34. The molecule has 5 heteroatoms. The van der Waals surface area contributed by atoms with Gasteiger partial charge >= 0.3 is 0 Å². The second-order valence-corrected chi connectivity index (χ2v) is 4.67. The molecule has 2 aromatic carbocycles. The number of hydrogen-bond donors (Lipinski definition) is 1. The molecule has 0 aromatic heterocycles. The largest absolute Gasteiger partial charge is 0.489 e. The van der Waals surface area contributed by atoms with Crippen molar-refractivity contribution < 1.29 is 14.3 Å². The molecule has 1 N–H and O–H groups in total. The van der Waals surface area contributed by atoms with Crippen LogP contribution in [0.2, 0.25) is 5.02 Å². The molecule has 104 valence electrons. The quantitative estimate of drug-likeness (QED) is 0.520. The van der Waals surface area contributed by atoms with Crippen LogP contribution in [-0.2, 0) is 6.61 Å². The normalized spacial score (nSPS) is 11.4. The fraction of sp³-hybridized carbons (Fsp3) is 0.133. The first kappa shape index (κ1) is 14.3. The van der Waals surface area contributed by atoms with E-state index in [0.29, 0.717) is 22.0 Å². The molecular weight excluding hydrogens is 281 g/mol. The standard InChI is InChI=1S/C15H13ClFNO2/c1-10(18-19)11-3-2-4-14(7-11)20-9-12-5-6-13(16)8-15(12)17/h2-8,19H,9H2,1H3/b18-10-. The summed E-state index contributed by atoms with van der Waals surface area (Å²) in [4.78, 5) is 0. The van der Waals surface area contributed by atoms with E-state index in [1.807, 2.05) is 0 Å². The smallest absolute Gasteiger partial charge is 0.131 e. The minimum atomic E-state index is -0.401. The van der Waals surface area contributed by atoms with Gasteiger partial charge in [-0.15, -0.1) is 0 Å². The van der Waals surface area contributed by atoms with Crippen LogP contribution >= 0.6 is 11.6 Å². The maximum atomic E-state index is 13.6. The molecule has 0 saturated heterocycles. The van der Waals surface area contributed by atoms with Crippen molar-refractivity contribution in [3.63, 3.8) is 0 Å². The summed E-state index contributed by atoms with van der Waals surface area (Å²) >= 11 is 5.69. The highest BCUT2D eigenvalue weighted by Crippen LogP contribution is 2.19. The van der Waals surface area contributed by atoms with Crippen LogP contribution in [0, 0.1) is 5.82 Å². The van der Waals surface area contributed by atoms with Gasteiger partial charge in [-0.1, -0.05) is 35.0 Å². The lowest BCUT2D eigenvalue weighted by Crippen LogP contribution is -2.00. The summed E-state index contributed by atoms with van der Waals surface area (Å²) in [5.74, 6) is 0.168. The summed E-state index contributed by atoms with van der Waals surface area (Å²) in [6, 6.07) is 11.5. The van der Waals surface area contributed by atoms with Crippen molar-refractivity contribution >= 4 is 17.3 Å². The maximum Gasteiger partial charge on any atom is 0.131 e. The van der Waals surface area contributed by atoms with Gasteiger partial charge in [-0.2, -0.15) is 0 Å². The number of halogens is 2. The molecule has 0 heterocycles. The summed E-state index contributed by atoms with van der Waals surface area (Å²) in [6.45, 7) is 1.78. The Hall–Kier alpha value is -2.07. The zero-order chi connectivity index (χ0) is 14.5. The van der Waals surface area contributed by atoms with Crippen molar-refractivity contribution in [1.82, 2.24) is 0 Å². The average Bonchev–Trinajstić information content (AvgIpc) is 2.46. The van der Waals surface area contributed by atoms with E-state index in [1.165, 1.54) is 6.07 Å². The van der Waals surface area contributed by atoms with Gasteiger partial charge in [-0.3, -0.25) is 0 Å². The molecule has 3 nitrogen and oxygen atoms in total. The number of hydrogen-bond acceptors (Lipinski definition) is 3. The molecule has 0 amide bonds. The van der Waals surface area contributed by atoms with Gasteiger partial charge in [0, 0.05) is 16.1 Å². The van der Waals surface area contributed by atoms with E-state index in [2.05, 4.69) is 5.16 Å². The van der Waals surface area contributed by atoms with Gasteiger partial charge in [0.15, 0.2) is 0 Å². The summed E-state index contributed by atoms with van der Waals surface area (Å²) in [7, 11) is 0. The molecular formula is C15H13ClFNO2. The molecule has 0 spiro atoms. The molecule has 0 unspecified atom stereocenters. The fourth-order valence-electron chi connectivity index (χ4n) is 1.67. The van der Waals surface area contributed by atoms with Gasteiger partial charge in [0.1, 0.15) is 18.2 Å². The van der Waals surface area contributed by atoms with Crippen molar-refractivity contribution in [1.29, 1.82) is 0 Å². The molecule has 0 aliphatic carbocycles. The summed E-state index contributed by atoms with van der Waals surface area (Å²) < 4.78 is 19.1. The molecule has 0 bridgehead atoms. The Labute approximate surface area is 121 Å². The van der Waals surface area contributed by atoms with Crippen molar-refractivity contribution in [2.75, 3.05) is 0 Å². The van der Waals surface area contributed by atoms with E-state index in [9.17, 15) is 4.39 Å². The van der Waals surface area contributed by atoms with Crippen LogP contribution in [0.5, 0.6) is 5.75 Å². The molecule has 0 aliphatic heterocycles. The third-order valence-corrected chi connectivity index (χ3v) is 3.05. The maximum absolute atomic E-state index is 13.6. The predicted molar refractivity (Wildman–Crippen MR) is 76.2 cm³/mol. The van der Waals surface area contributed by atoms with Gasteiger partial charge in [0.05, 0.1) is 5.71 Å². The van der Waals surface area contributed by atoms with Crippen LogP contribution in [0.15, 0.2) is 47.6 Å². The Bertz CT molecular complexity index is 644. The van der Waals surface area contributed by atoms with E-state index in [0.717, 1.165) is 5.56 Å². The fourth-order valence-corrected chi connectivity index (χ4v) is 1.83. The highest BCUT2D eigenvalue weighted by atomic mass is 35.5. The molecule has 2 rings (SSSR count). The highest BCUT2D eigenvalue weighted by molar-refractivity contribution is 6.30. The van der Waals surface area contributed by atoms with Crippen molar-refractivity contribution in [3.05, 3.63) is 64.4 Å². The second kappa shape index (κ2) is 6.39. The SMILES string of the molecule is C/C(=N/O)c1cccc(OCc2ccc(Cl)cc2F)c1. The Kier molecular flexibility index (Phi) is 4.58. The Morgan fingerprint density at radius 3 is 2.80 bits per heavy atom. The monoisotopic (exact) mass is 293 g/mol. The molecule has 0 saturated carbocycles. The van der Waals surface area contributed by atoms with Crippen LogP contribution in [0.3, 0.4) is 0 Å². The lowest BCUT2D eigenvalue weighted by molar-refractivity contribution is 0.299. The van der Waals surface area contributed by atoms with Crippen molar-refractivity contribution in [2.45, 2.75) is 13.5 Å². The Balaban J connectivity index is 2.11. The van der Waals surface area contributed by atoms with Gasteiger partial charge in [0.2, 0.25) is 0 Å². The van der Waals surface area contributed by atoms with Crippen molar-refractivity contribution in [2.24, 2.45) is 5.16 Å². The summed E-state index contributed by atoms with van der Waals surface area (Å²) in [5, 5.41) is 12.2. The number of benzene rings is 2. The average molecular weight is 294 g/mol. The van der Waals surface area contributed by atoms with Crippen molar-refractivity contribution in [3.8, 4) is 5.75 Å². The third kappa shape index (κ3) is 3.48. The zero-order valence-electron chi connectivity index (χ0n) is 10.8. The van der Waals surface area contributed by atoms with E-state index in [1.54, 1.807) is 43.3 Å².